The van der Waals surface area contributed by atoms with E-state index in [2.05, 4.69) is 38.7 Å². The van der Waals surface area contributed by atoms with Gasteiger partial charge in [-0.25, -0.2) is 0 Å². The van der Waals surface area contributed by atoms with Crippen LogP contribution in [0.15, 0.2) is 12.2 Å². The van der Waals surface area contributed by atoms with Crippen LogP contribution in [0.2, 0.25) is 25.7 Å². The van der Waals surface area contributed by atoms with E-state index in [0.29, 0.717) is 0 Å². The van der Waals surface area contributed by atoms with E-state index in [-0.39, 0.29) is 6.04 Å². The van der Waals surface area contributed by atoms with E-state index in [1.165, 1.54) is 31.7 Å². The van der Waals surface area contributed by atoms with E-state index in [1.54, 1.807) is 0 Å². The molecule has 0 aromatic heterocycles. The number of unbranched alkanes of at least 4 members (excludes halogenated alkanes) is 2. The molecule has 0 amide bonds. The molecule has 0 saturated carbocycles. The standard InChI is InChI=1S/C13H29NSi/c1-5-6-7-10-13(14)11-8-9-12-15(2,3)4/h7,10,13H,5-6,8-9,11-12,14H2,1-4H3/b10-7+. The molecular formula is C13H29NSi. The van der Waals surface area contributed by atoms with Crippen LogP contribution in [0.3, 0.4) is 0 Å². The third-order valence-electron chi connectivity index (χ3n) is 2.55. The summed E-state index contributed by atoms with van der Waals surface area (Å²) in [5.74, 6) is 0. The predicted molar refractivity (Wildman–Crippen MR) is 74.0 cm³/mol. The monoisotopic (exact) mass is 227 g/mol. The molecule has 0 bridgehead atoms. The number of nitrogens with two attached hydrogens (primary N) is 1. The maximum atomic E-state index is 5.99. The quantitative estimate of drug-likeness (QED) is 0.376. The molecule has 0 fully saturated rings. The van der Waals surface area contributed by atoms with Crippen molar-refractivity contribution in [3.8, 4) is 0 Å². The van der Waals surface area contributed by atoms with Crippen LogP contribution in [0.5, 0.6) is 0 Å². The smallest absolute Gasteiger partial charge is 0.0442 e. The highest BCUT2D eigenvalue weighted by Gasteiger charge is 2.11. The van der Waals surface area contributed by atoms with Crippen molar-refractivity contribution in [2.75, 3.05) is 0 Å². The SMILES string of the molecule is CCC/C=C/C(N)CCCC[Si](C)(C)C. The molecule has 0 radical (unpaired) electrons. The summed E-state index contributed by atoms with van der Waals surface area (Å²) in [4.78, 5) is 0. The van der Waals surface area contributed by atoms with Gasteiger partial charge in [0.2, 0.25) is 0 Å². The Kier molecular flexibility index (Phi) is 8.07. The number of allylic oxidation sites excluding steroid dienone is 1. The Hall–Kier alpha value is -0.0831. The van der Waals surface area contributed by atoms with E-state index in [9.17, 15) is 0 Å². The van der Waals surface area contributed by atoms with Gasteiger partial charge in [0.15, 0.2) is 0 Å². The predicted octanol–water partition coefficient (Wildman–Crippen LogP) is 4.18. The molecule has 0 aliphatic rings. The van der Waals surface area contributed by atoms with Crippen molar-refractivity contribution >= 4 is 8.07 Å². The molecule has 0 aliphatic carbocycles. The molecule has 90 valence electrons. The van der Waals surface area contributed by atoms with E-state index >= 15 is 0 Å². The first-order valence-electron chi connectivity index (χ1n) is 6.38. The third-order valence-corrected chi connectivity index (χ3v) is 4.41. The van der Waals surface area contributed by atoms with Crippen molar-refractivity contribution in [3.63, 3.8) is 0 Å². The van der Waals surface area contributed by atoms with Gasteiger partial charge in [-0.05, 0) is 12.8 Å². The minimum atomic E-state index is -0.819. The minimum absolute atomic E-state index is 0.290. The van der Waals surface area contributed by atoms with Crippen molar-refractivity contribution in [1.82, 2.24) is 0 Å². The molecule has 2 heteroatoms. The normalized spacial score (nSPS) is 14.7. The lowest BCUT2D eigenvalue weighted by Crippen LogP contribution is -2.20. The second-order valence-corrected chi connectivity index (χ2v) is 11.3. The summed E-state index contributed by atoms with van der Waals surface area (Å²) in [6, 6.07) is 1.73. The van der Waals surface area contributed by atoms with Crippen LogP contribution in [-0.4, -0.2) is 14.1 Å². The average Bonchev–Trinajstić information content (AvgIpc) is 2.11. The summed E-state index contributed by atoms with van der Waals surface area (Å²) in [5.41, 5.74) is 5.99. The van der Waals surface area contributed by atoms with Gasteiger partial charge >= 0.3 is 0 Å². The van der Waals surface area contributed by atoms with Crippen LogP contribution >= 0.6 is 0 Å². The first kappa shape index (κ1) is 14.9. The van der Waals surface area contributed by atoms with Crippen LogP contribution in [-0.2, 0) is 0 Å². The average molecular weight is 227 g/mol. The molecule has 0 spiro atoms. The first-order chi connectivity index (χ1) is 6.95. The molecular weight excluding hydrogens is 198 g/mol. The first-order valence-corrected chi connectivity index (χ1v) is 10.1. The van der Waals surface area contributed by atoms with Crippen molar-refractivity contribution in [3.05, 3.63) is 12.2 Å². The van der Waals surface area contributed by atoms with Crippen molar-refractivity contribution in [1.29, 1.82) is 0 Å². The highest BCUT2D eigenvalue weighted by Crippen LogP contribution is 2.14. The Morgan fingerprint density at radius 1 is 1.20 bits per heavy atom. The third kappa shape index (κ3) is 11.8. The van der Waals surface area contributed by atoms with Gasteiger partial charge in [-0.2, -0.15) is 0 Å². The van der Waals surface area contributed by atoms with Gasteiger partial charge in [-0.1, -0.05) is 64.0 Å². The lowest BCUT2D eigenvalue weighted by Gasteiger charge is -2.15. The molecule has 0 aliphatic heterocycles. The van der Waals surface area contributed by atoms with Crippen LogP contribution < -0.4 is 5.73 Å². The van der Waals surface area contributed by atoms with Gasteiger partial charge < -0.3 is 5.73 Å². The topological polar surface area (TPSA) is 26.0 Å². The minimum Gasteiger partial charge on any atom is -0.324 e. The molecule has 0 saturated heterocycles. The van der Waals surface area contributed by atoms with Gasteiger partial charge in [0.1, 0.15) is 0 Å². The molecule has 0 heterocycles. The second kappa shape index (κ2) is 8.11. The van der Waals surface area contributed by atoms with Gasteiger partial charge in [0, 0.05) is 14.1 Å². The molecule has 1 atom stereocenters. The number of hydrogen-bond donors (Lipinski definition) is 1. The maximum Gasteiger partial charge on any atom is 0.0442 e. The summed E-state index contributed by atoms with van der Waals surface area (Å²) in [5, 5.41) is 0. The van der Waals surface area contributed by atoms with Crippen molar-refractivity contribution < 1.29 is 0 Å². The van der Waals surface area contributed by atoms with Crippen LogP contribution in [0.1, 0.15) is 39.0 Å². The van der Waals surface area contributed by atoms with Gasteiger partial charge in [0.25, 0.3) is 0 Å². The zero-order chi connectivity index (χ0) is 11.7. The Morgan fingerprint density at radius 3 is 2.40 bits per heavy atom. The molecule has 0 aromatic carbocycles. The van der Waals surface area contributed by atoms with Crippen LogP contribution in [0.25, 0.3) is 0 Å². The molecule has 1 nitrogen and oxygen atoms in total. The second-order valence-electron chi connectivity index (χ2n) is 5.69. The summed E-state index contributed by atoms with van der Waals surface area (Å²) < 4.78 is 0. The van der Waals surface area contributed by atoms with E-state index in [4.69, 9.17) is 5.73 Å². The summed E-state index contributed by atoms with van der Waals surface area (Å²) in [6.07, 6.45) is 10.6. The van der Waals surface area contributed by atoms with E-state index < -0.39 is 8.07 Å². The fourth-order valence-electron chi connectivity index (χ4n) is 1.57. The van der Waals surface area contributed by atoms with E-state index in [1.807, 2.05) is 0 Å². The van der Waals surface area contributed by atoms with Crippen LogP contribution in [0, 0.1) is 0 Å². The largest absolute Gasteiger partial charge is 0.324 e. The Labute approximate surface area is 97.1 Å². The van der Waals surface area contributed by atoms with Gasteiger partial charge in [0.05, 0.1) is 0 Å². The highest BCUT2D eigenvalue weighted by atomic mass is 28.3. The lowest BCUT2D eigenvalue weighted by molar-refractivity contribution is 0.650. The maximum absolute atomic E-state index is 5.99. The van der Waals surface area contributed by atoms with Gasteiger partial charge in [-0.3, -0.25) is 0 Å². The molecule has 0 aromatic rings. The highest BCUT2D eigenvalue weighted by molar-refractivity contribution is 6.76. The zero-order valence-corrected chi connectivity index (χ0v) is 12.1. The van der Waals surface area contributed by atoms with Crippen LogP contribution in [0.4, 0.5) is 0 Å². The summed E-state index contributed by atoms with van der Waals surface area (Å²) in [6.45, 7) is 9.51. The summed E-state index contributed by atoms with van der Waals surface area (Å²) >= 11 is 0. The zero-order valence-electron chi connectivity index (χ0n) is 11.1. The Bertz CT molecular complexity index is 170. The Balaban J connectivity index is 3.43. The number of rotatable bonds is 8. The lowest BCUT2D eigenvalue weighted by atomic mass is 10.1. The molecule has 1 unspecified atom stereocenters. The molecule has 15 heavy (non-hydrogen) atoms. The van der Waals surface area contributed by atoms with E-state index in [0.717, 1.165) is 6.42 Å². The Morgan fingerprint density at radius 2 is 1.87 bits per heavy atom. The molecule has 0 rings (SSSR count). The van der Waals surface area contributed by atoms with Gasteiger partial charge in [-0.15, -0.1) is 0 Å². The fourth-order valence-corrected chi connectivity index (χ4v) is 2.88. The molecule has 2 N–H and O–H groups in total. The fraction of sp³-hybridized carbons (Fsp3) is 0.846. The van der Waals surface area contributed by atoms with Crippen molar-refractivity contribution in [2.45, 2.75) is 70.8 Å². The number of hydrogen-bond acceptors (Lipinski definition) is 1. The summed E-state index contributed by atoms with van der Waals surface area (Å²) in [7, 11) is -0.819. The van der Waals surface area contributed by atoms with Crippen molar-refractivity contribution in [2.24, 2.45) is 5.73 Å².